The van der Waals surface area contributed by atoms with Crippen molar-refractivity contribution in [3.63, 3.8) is 0 Å². The molecule has 2 aliphatic rings. The van der Waals surface area contributed by atoms with Crippen molar-refractivity contribution in [2.24, 2.45) is 0 Å². The standard InChI is InChI=1S/C54H42N4O4/c1-31-8-16-35(17-9-31)48-41-24-25-42(55-41)49(36-18-10-32(2)11-19-36)44-28-29-46(57-44)51(38-22-14-34(4)15-23-38)52-39(6-5-7-40(53(59)60)54(61)62)30-47(58-52)50(45-27-26-43(48)56-45)37-20-12-33(3)13-21-37/h5-30,55,58H,1-4H3,(H,59,60)(H,61,62)/b6-5-,48-41?,48-43?,49-42?,49-44?,50-45?,50-47?,51-46?,52-51?. The minimum Gasteiger partial charge on any atom is -0.477 e. The summed E-state index contributed by atoms with van der Waals surface area (Å²) in [6, 6.07) is 39.7. The zero-order chi connectivity index (χ0) is 43.1. The van der Waals surface area contributed by atoms with Crippen LogP contribution in [0.5, 0.6) is 0 Å². The van der Waals surface area contributed by atoms with Gasteiger partial charge in [0.2, 0.25) is 0 Å². The minimum atomic E-state index is -1.53. The summed E-state index contributed by atoms with van der Waals surface area (Å²) < 4.78 is 0. The lowest BCUT2D eigenvalue weighted by atomic mass is 10.00. The average Bonchev–Trinajstić information content (AvgIpc) is 4.09. The maximum Gasteiger partial charge on any atom is 0.343 e. The van der Waals surface area contributed by atoms with Crippen LogP contribution in [0.15, 0.2) is 133 Å². The van der Waals surface area contributed by atoms with E-state index in [1.807, 2.05) is 31.2 Å². The Balaban J connectivity index is 1.50. The number of carboxylic acid groups (broad SMARTS) is 2. The summed E-state index contributed by atoms with van der Waals surface area (Å²) in [5.74, 6) is -3.06. The average molecular weight is 811 g/mol. The summed E-state index contributed by atoms with van der Waals surface area (Å²) in [7, 11) is 0. The molecule has 0 saturated carbocycles. The van der Waals surface area contributed by atoms with Crippen LogP contribution in [-0.4, -0.2) is 42.1 Å². The fraction of sp³-hybridized carbons (Fsp3) is 0.0741. The summed E-state index contributed by atoms with van der Waals surface area (Å²) in [6.07, 6.45) is 12.5. The fourth-order valence-electron chi connectivity index (χ4n) is 8.02. The van der Waals surface area contributed by atoms with Crippen molar-refractivity contribution in [3.8, 4) is 44.5 Å². The Morgan fingerprint density at radius 1 is 0.468 bits per heavy atom. The number of rotatable bonds is 8. The first-order chi connectivity index (χ1) is 30.0. The summed E-state index contributed by atoms with van der Waals surface area (Å²) in [5, 5.41) is 19.3. The van der Waals surface area contributed by atoms with Crippen molar-refractivity contribution in [1.29, 1.82) is 0 Å². The van der Waals surface area contributed by atoms with Crippen LogP contribution in [-0.2, 0) is 9.59 Å². The molecule has 9 rings (SSSR count). The number of allylic oxidation sites excluding steroid dienone is 2. The highest BCUT2D eigenvalue weighted by Crippen LogP contribution is 2.40. The van der Waals surface area contributed by atoms with Crippen molar-refractivity contribution in [2.75, 3.05) is 0 Å². The Bertz CT molecular complexity index is 3220. The van der Waals surface area contributed by atoms with Gasteiger partial charge in [0.1, 0.15) is 5.57 Å². The van der Waals surface area contributed by atoms with Crippen LogP contribution in [0.4, 0.5) is 0 Å². The molecule has 3 aromatic heterocycles. The number of carboxylic acids is 2. The van der Waals surface area contributed by atoms with Crippen LogP contribution >= 0.6 is 0 Å². The third kappa shape index (κ3) is 7.61. The van der Waals surface area contributed by atoms with Crippen LogP contribution in [0, 0.1) is 27.7 Å². The van der Waals surface area contributed by atoms with Crippen LogP contribution in [0.1, 0.15) is 50.6 Å². The molecule has 2 aliphatic heterocycles. The zero-order valence-electron chi connectivity index (χ0n) is 34.6. The Hall–Kier alpha value is -8.10. The van der Waals surface area contributed by atoms with Crippen LogP contribution in [0.3, 0.4) is 0 Å². The topological polar surface area (TPSA) is 132 Å². The van der Waals surface area contributed by atoms with Gasteiger partial charge in [-0.1, -0.05) is 131 Å². The van der Waals surface area contributed by atoms with E-state index in [-0.39, 0.29) is 0 Å². The summed E-state index contributed by atoms with van der Waals surface area (Å²) >= 11 is 0. The van der Waals surface area contributed by atoms with E-state index in [9.17, 15) is 19.8 Å². The molecule has 0 atom stereocenters. The zero-order valence-corrected chi connectivity index (χ0v) is 34.6. The van der Waals surface area contributed by atoms with Crippen molar-refractivity contribution in [2.45, 2.75) is 27.7 Å². The first-order valence-corrected chi connectivity index (χ1v) is 20.3. The molecule has 0 saturated heterocycles. The number of aromatic amines is 2. The van der Waals surface area contributed by atoms with Crippen molar-refractivity contribution >= 4 is 64.4 Å². The lowest BCUT2D eigenvalue weighted by Gasteiger charge is -2.08. The quantitative estimate of drug-likeness (QED) is 0.0523. The smallest absolute Gasteiger partial charge is 0.343 e. The number of carbonyl (C=O) groups is 2. The van der Waals surface area contributed by atoms with E-state index < -0.39 is 17.5 Å². The molecular formula is C54H42N4O4. The number of hydrogen-bond donors (Lipinski definition) is 4. The maximum absolute atomic E-state index is 11.9. The number of nitrogens with zero attached hydrogens (tertiary/aromatic N) is 2. The molecule has 302 valence electrons. The maximum atomic E-state index is 11.9. The fourth-order valence-corrected chi connectivity index (χ4v) is 8.02. The second kappa shape index (κ2) is 16.2. The molecular weight excluding hydrogens is 769 g/mol. The van der Waals surface area contributed by atoms with Gasteiger partial charge >= 0.3 is 11.9 Å². The summed E-state index contributed by atoms with van der Waals surface area (Å²) in [5.41, 5.74) is 18.1. The molecule has 62 heavy (non-hydrogen) atoms. The van der Waals surface area contributed by atoms with E-state index in [1.165, 1.54) is 6.08 Å². The highest BCUT2D eigenvalue weighted by atomic mass is 16.4. The van der Waals surface area contributed by atoms with E-state index >= 15 is 0 Å². The number of benzene rings is 4. The van der Waals surface area contributed by atoms with E-state index in [2.05, 4.69) is 146 Å². The first kappa shape index (κ1) is 39.4. The van der Waals surface area contributed by atoms with Gasteiger partial charge in [0, 0.05) is 44.4 Å². The molecule has 4 aromatic carbocycles. The molecule has 0 unspecified atom stereocenters. The lowest BCUT2D eigenvalue weighted by molar-refractivity contribution is -0.140. The molecule has 0 spiro atoms. The minimum absolute atomic E-state index is 0.690. The van der Waals surface area contributed by atoms with Gasteiger partial charge in [-0.2, -0.15) is 0 Å². The Kier molecular flexibility index (Phi) is 10.3. The summed E-state index contributed by atoms with van der Waals surface area (Å²) in [6.45, 7) is 8.25. The van der Waals surface area contributed by atoms with Crippen molar-refractivity contribution in [1.82, 2.24) is 19.9 Å². The molecule has 8 bridgehead atoms. The van der Waals surface area contributed by atoms with Gasteiger partial charge in [0.05, 0.1) is 28.3 Å². The highest BCUT2D eigenvalue weighted by Gasteiger charge is 2.21. The Morgan fingerprint density at radius 2 is 0.823 bits per heavy atom. The van der Waals surface area contributed by atoms with Crippen molar-refractivity contribution in [3.05, 3.63) is 184 Å². The number of fused-ring (bicyclic) bond motifs is 8. The van der Waals surface area contributed by atoms with Gasteiger partial charge in [-0.05, 0) is 98.5 Å². The SMILES string of the molecule is Cc1ccc(-c2c3nc(c(-c4ccc(C)cc4)c4cc(/C=C\C=C(C(=O)O)C(=O)O)c([nH]4)c(-c4ccc(C)cc4)c4nc(c(-c5ccc(C)cc5)c5ccc2[nH]5)C=C4)C=C3)cc1. The second-order valence-corrected chi connectivity index (χ2v) is 15.7. The number of nitrogens with one attached hydrogen (secondary N) is 2. The van der Waals surface area contributed by atoms with Crippen LogP contribution in [0.25, 0.3) is 97.0 Å². The molecule has 0 fully saturated rings. The third-order valence-corrected chi connectivity index (χ3v) is 11.3. The number of H-pyrrole nitrogens is 2. The van der Waals surface area contributed by atoms with E-state index in [4.69, 9.17) is 9.97 Å². The number of hydrogen-bond acceptors (Lipinski definition) is 4. The first-order valence-electron chi connectivity index (χ1n) is 20.3. The molecule has 8 nitrogen and oxygen atoms in total. The molecule has 0 radical (unpaired) electrons. The normalized spacial score (nSPS) is 11.9. The van der Waals surface area contributed by atoms with E-state index in [0.29, 0.717) is 16.8 Å². The van der Waals surface area contributed by atoms with E-state index in [1.54, 1.807) is 6.08 Å². The van der Waals surface area contributed by atoms with Gasteiger partial charge in [-0.3, -0.25) is 0 Å². The third-order valence-electron chi connectivity index (χ3n) is 11.3. The molecule has 8 heteroatoms. The van der Waals surface area contributed by atoms with E-state index in [0.717, 1.165) is 106 Å². The number of aliphatic carboxylic acids is 2. The predicted octanol–water partition coefficient (Wildman–Crippen LogP) is 12.7. The van der Waals surface area contributed by atoms with Gasteiger partial charge in [-0.15, -0.1) is 0 Å². The van der Waals surface area contributed by atoms with Crippen LogP contribution < -0.4 is 0 Å². The van der Waals surface area contributed by atoms with Gasteiger partial charge in [0.15, 0.2) is 0 Å². The molecule has 5 heterocycles. The monoisotopic (exact) mass is 810 g/mol. The largest absolute Gasteiger partial charge is 0.477 e. The van der Waals surface area contributed by atoms with Gasteiger partial charge < -0.3 is 20.2 Å². The van der Waals surface area contributed by atoms with Crippen LogP contribution in [0.2, 0.25) is 0 Å². The van der Waals surface area contributed by atoms with Gasteiger partial charge in [-0.25, -0.2) is 19.6 Å². The Morgan fingerprint density at radius 3 is 1.21 bits per heavy atom. The molecule has 4 N–H and O–H groups in total. The summed E-state index contributed by atoms with van der Waals surface area (Å²) in [4.78, 5) is 42.2. The predicted molar refractivity (Wildman–Crippen MR) is 252 cm³/mol. The number of aryl methyl sites for hydroxylation is 4. The van der Waals surface area contributed by atoms with Crippen molar-refractivity contribution < 1.29 is 19.8 Å². The Labute approximate surface area is 358 Å². The molecule has 0 aliphatic carbocycles. The lowest BCUT2D eigenvalue weighted by Crippen LogP contribution is -2.10. The molecule has 7 aromatic rings. The molecule has 0 amide bonds. The second-order valence-electron chi connectivity index (χ2n) is 15.7. The highest BCUT2D eigenvalue weighted by molar-refractivity contribution is 6.13. The van der Waals surface area contributed by atoms with Gasteiger partial charge in [0.25, 0.3) is 0 Å². The number of aromatic nitrogens is 4.